The van der Waals surface area contributed by atoms with Crippen molar-refractivity contribution in [3.05, 3.63) is 34.8 Å². The van der Waals surface area contributed by atoms with Crippen LogP contribution in [0.3, 0.4) is 0 Å². The van der Waals surface area contributed by atoms with Crippen LogP contribution < -0.4 is 0 Å². The minimum Gasteiger partial charge on any atom is -0.208 e. The Morgan fingerprint density at radius 2 is 2.12 bits per heavy atom. The van der Waals surface area contributed by atoms with E-state index in [9.17, 15) is 4.39 Å². The van der Waals surface area contributed by atoms with Crippen LogP contribution in [0.4, 0.5) is 4.39 Å². The molecule has 2 nitrogen and oxygen atoms in total. The molecule has 2 heterocycles. The van der Waals surface area contributed by atoms with Gasteiger partial charge in [0.15, 0.2) is 5.01 Å². The third kappa shape index (κ3) is 1.77. The molecule has 0 radical (unpaired) electrons. The van der Waals surface area contributed by atoms with Crippen molar-refractivity contribution < 1.29 is 4.39 Å². The Balaban J connectivity index is 2.18. The molecule has 80 valence electrons. The third-order valence-electron chi connectivity index (χ3n) is 2.09. The molecular weight excluding hydrogens is 311 g/mol. The Bertz CT molecular complexity index is 662. The molecule has 0 N–H and O–H groups in total. The third-order valence-corrected chi connectivity index (χ3v) is 4.67. The Morgan fingerprint density at radius 1 is 1.25 bits per heavy atom. The summed E-state index contributed by atoms with van der Waals surface area (Å²) in [5.41, 5.74) is 0. The van der Waals surface area contributed by atoms with Crippen LogP contribution in [-0.4, -0.2) is 9.36 Å². The quantitative estimate of drug-likeness (QED) is 0.668. The van der Waals surface area contributed by atoms with Crippen molar-refractivity contribution in [2.24, 2.45) is 0 Å². The Morgan fingerprint density at radius 3 is 2.88 bits per heavy atom. The lowest BCUT2D eigenvalue weighted by molar-refractivity contribution is 0.630. The van der Waals surface area contributed by atoms with Crippen molar-refractivity contribution in [1.29, 1.82) is 0 Å². The number of hydrogen-bond donors (Lipinski definition) is 0. The van der Waals surface area contributed by atoms with E-state index < -0.39 is 0 Å². The highest BCUT2D eigenvalue weighted by Gasteiger charge is 2.09. The monoisotopic (exact) mass is 314 g/mol. The zero-order valence-corrected chi connectivity index (χ0v) is 11.0. The lowest BCUT2D eigenvalue weighted by Gasteiger charge is -1.86. The second-order valence-corrected chi connectivity index (χ2v) is 5.71. The first kappa shape index (κ1) is 10.3. The number of benzene rings is 1. The first-order valence-electron chi connectivity index (χ1n) is 4.41. The van der Waals surface area contributed by atoms with Crippen molar-refractivity contribution in [3.8, 4) is 9.88 Å². The van der Waals surface area contributed by atoms with Crippen molar-refractivity contribution in [2.45, 2.75) is 0 Å². The van der Waals surface area contributed by atoms with Gasteiger partial charge in [-0.05, 0) is 51.0 Å². The van der Waals surface area contributed by atoms with Crippen LogP contribution in [0.25, 0.3) is 20.0 Å². The Hall–Kier alpha value is -0.850. The number of fused-ring (bicyclic) bond motifs is 1. The molecule has 1 aromatic carbocycles. The first-order valence-corrected chi connectivity index (χ1v) is 6.79. The van der Waals surface area contributed by atoms with E-state index in [4.69, 9.17) is 0 Å². The average molecular weight is 315 g/mol. The molecule has 0 unspecified atom stereocenters. The van der Waals surface area contributed by atoms with Crippen molar-refractivity contribution in [2.75, 3.05) is 0 Å². The normalized spacial score (nSPS) is 11.1. The minimum absolute atomic E-state index is 0.209. The molecule has 0 fully saturated rings. The van der Waals surface area contributed by atoms with E-state index in [1.165, 1.54) is 28.9 Å². The van der Waals surface area contributed by atoms with Gasteiger partial charge in [-0.25, -0.2) is 9.37 Å². The van der Waals surface area contributed by atoms with Gasteiger partial charge >= 0.3 is 0 Å². The summed E-state index contributed by atoms with van der Waals surface area (Å²) in [6, 6.07) is 6.79. The number of rotatable bonds is 1. The van der Waals surface area contributed by atoms with Gasteiger partial charge in [-0.2, -0.15) is 4.37 Å². The summed E-state index contributed by atoms with van der Waals surface area (Å²) >= 11 is 6.07. The van der Waals surface area contributed by atoms with E-state index in [0.717, 1.165) is 20.0 Å². The molecule has 0 aliphatic rings. The molecule has 0 saturated heterocycles. The van der Waals surface area contributed by atoms with Gasteiger partial charge in [-0.15, -0.1) is 11.3 Å². The number of hydrogen-bond acceptors (Lipinski definition) is 4. The first-order chi connectivity index (χ1) is 7.72. The highest BCUT2D eigenvalue weighted by Crippen LogP contribution is 2.35. The molecular formula is C10H4BrFN2S2. The van der Waals surface area contributed by atoms with Gasteiger partial charge in [0.2, 0.25) is 4.73 Å². The van der Waals surface area contributed by atoms with Crippen LogP contribution in [0.2, 0.25) is 0 Å². The molecule has 0 aliphatic heterocycles. The van der Waals surface area contributed by atoms with Crippen LogP contribution >= 0.6 is 38.8 Å². The molecule has 3 rings (SSSR count). The Labute approximate surface area is 107 Å². The fourth-order valence-electron chi connectivity index (χ4n) is 1.42. The van der Waals surface area contributed by atoms with Gasteiger partial charge in [0.05, 0.1) is 4.88 Å². The summed E-state index contributed by atoms with van der Waals surface area (Å²) < 4.78 is 18.6. The molecule has 6 heteroatoms. The van der Waals surface area contributed by atoms with Crippen molar-refractivity contribution >= 4 is 48.9 Å². The van der Waals surface area contributed by atoms with Gasteiger partial charge in [-0.3, -0.25) is 0 Å². The predicted octanol–water partition coefficient (Wildman–Crippen LogP) is 4.32. The van der Waals surface area contributed by atoms with E-state index in [1.54, 1.807) is 12.1 Å². The Kier molecular flexibility index (Phi) is 2.49. The van der Waals surface area contributed by atoms with Crippen LogP contribution in [0, 0.1) is 5.82 Å². The fourth-order valence-corrected chi connectivity index (χ4v) is 3.62. The number of nitrogens with zero attached hydrogens (tertiary/aromatic N) is 2. The van der Waals surface area contributed by atoms with Crippen molar-refractivity contribution in [3.63, 3.8) is 0 Å². The van der Waals surface area contributed by atoms with E-state index >= 15 is 0 Å². The van der Waals surface area contributed by atoms with E-state index in [2.05, 4.69) is 25.3 Å². The second kappa shape index (κ2) is 3.87. The second-order valence-electron chi connectivity index (χ2n) is 3.16. The molecule has 0 saturated carbocycles. The highest BCUT2D eigenvalue weighted by molar-refractivity contribution is 9.10. The lowest BCUT2D eigenvalue weighted by atomic mass is 10.2. The summed E-state index contributed by atoms with van der Waals surface area (Å²) in [7, 11) is 0. The molecule has 2 aromatic heterocycles. The van der Waals surface area contributed by atoms with E-state index in [0.29, 0.717) is 4.73 Å². The molecule has 3 aromatic rings. The highest BCUT2D eigenvalue weighted by atomic mass is 79.9. The topological polar surface area (TPSA) is 25.8 Å². The van der Waals surface area contributed by atoms with Gasteiger partial charge in [0.1, 0.15) is 5.82 Å². The van der Waals surface area contributed by atoms with Crippen LogP contribution in [0.5, 0.6) is 0 Å². The molecule has 0 spiro atoms. The number of aromatic nitrogens is 2. The summed E-state index contributed by atoms with van der Waals surface area (Å²) in [6.45, 7) is 0. The smallest absolute Gasteiger partial charge is 0.208 e. The minimum atomic E-state index is -0.209. The van der Waals surface area contributed by atoms with Gasteiger partial charge in [-0.1, -0.05) is 6.07 Å². The van der Waals surface area contributed by atoms with E-state index in [-0.39, 0.29) is 5.82 Å². The predicted molar refractivity (Wildman–Crippen MR) is 68.4 cm³/mol. The zero-order chi connectivity index (χ0) is 11.1. The SMILES string of the molecule is Fc1ccc2cc(-c3nc(Br)ns3)sc2c1. The largest absolute Gasteiger partial charge is 0.209 e. The molecule has 0 aliphatic carbocycles. The lowest BCUT2D eigenvalue weighted by Crippen LogP contribution is -1.68. The fraction of sp³-hybridized carbons (Fsp3) is 0. The number of halogens is 2. The molecule has 16 heavy (non-hydrogen) atoms. The van der Waals surface area contributed by atoms with Gasteiger partial charge in [0.25, 0.3) is 0 Å². The van der Waals surface area contributed by atoms with Gasteiger partial charge in [0, 0.05) is 4.70 Å². The van der Waals surface area contributed by atoms with Crippen LogP contribution in [0.1, 0.15) is 0 Å². The van der Waals surface area contributed by atoms with Gasteiger partial charge < -0.3 is 0 Å². The summed E-state index contributed by atoms with van der Waals surface area (Å²) in [6.07, 6.45) is 0. The maximum Gasteiger partial charge on any atom is 0.209 e. The summed E-state index contributed by atoms with van der Waals surface area (Å²) in [5.74, 6) is -0.209. The zero-order valence-electron chi connectivity index (χ0n) is 7.78. The average Bonchev–Trinajstić information content (AvgIpc) is 2.83. The van der Waals surface area contributed by atoms with E-state index in [1.807, 2.05) is 6.07 Å². The summed E-state index contributed by atoms with van der Waals surface area (Å²) in [4.78, 5) is 5.26. The molecule has 0 amide bonds. The van der Waals surface area contributed by atoms with Crippen LogP contribution in [-0.2, 0) is 0 Å². The summed E-state index contributed by atoms with van der Waals surface area (Å²) in [5, 5.41) is 1.89. The standard InChI is InChI=1S/C10H4BrFN2S2/c11-10-13-9(16-14-10)8-3-5-1-2-6(12)4-7(5)15-8/h1-4H. The molecule has 0 atom stereocenters. The maximum atomic E-state index is 13.0. The van der Waals surface area contributed by atoms with Crippen LogP contribution in [0.15, 0.2) is 29.0 Å². The molecule has 0 bridgehead atoms. The maximum absolute atomic E-state index is 13.0. The number of thiophene rings is 1. The van der Waals surface area contributed by atoms with Crippen molar-refractivity contribution in [1.82, 2.24) is 9.36 Å².